The standard InChI is InChI=1S/C13H19N3S/c1-9-6-16(7-10(9)2)8-11-4-3-5-15-12(11)13(14)17/h3-5,9-10H,6-8H2,1-2H3,(H2,14,17). The van der Waals surface area contributed by atoms with Gasteiger partial charge in [0.2, 0.25) is 0 Å². The van der Waals surface area contributed by atoms with Crippen molar-refractivity contribution in [1.82, 2.24) is 9.88 Å². The van der Waals surface area contributed by atoms with Crippen LogP contribution in [0, 0.1) is 11.8 Å². The van der Waals surface area contributed by atoms with E-state index in [0.717, 1.165) is 42.7 Å². The highest BCUT2D eigenvalue weighted by Gasteiger charge is 2.26. The van der Waals surface area contributed by atoms with Crippen molar-refractivity contribution in [3.8, 4) is 0 Å². The zero-order valence-electron chi connectivity index (χ0n) is 10.4. The van der Waals surface area contributed by atoms with Crippen molar-refractivity contribution in [2.45, 2.75) is 20.4 Å². The summed E-state index contributed by atoms with van der Waals surface area (Å²) in [6.07, 6.45) is 1.74. The fraction of sp³-hybridized carbons (Fsp3) is 0.538. The molecule has 3 nitrogen and oxygen atoms in total. The lowest BCUT2D eigenvalue weighted by Crippen LogP contribution is -2.23. The number of nitrogens with two attached hydrogens (primary N) is 1. The molecule has 1 aromatic heterocycles. The maximum Gasteiger partial charge on any atom is 0.123 e. The number of hydrogen-bond acceptors (Lipinski definition) is 3. The zero-order valence-corrected chi connectivity index (χ0v) is 11.2. The van der Waals surface area contributed by atoms with E-state index in [1.165, 1.54) is 0 Å². The number of thiocarbonyl (C=S) groups is 1. The van der Waals surface area contributed by atoms with Crippen LogP contribution in [0.3, 0.4) is 0 Å². The quantitative estimate of drug-likeness (QED) is 0.830. The number of likely N-dealkylation sites (tertiary alicyclic amines) is 1. The maximum atomic E-state index is 5.69. The summed E-state index contributed by atoms with van der Waals surface area (Å²) < 4.78 is 0. The van der Waals surface area contributed by atoms with Crippen molar-refractivity contribution in [3.05, 3.63) is 29.6 Å². The smallest absolute Gasteiger partial charge is 0.123 e. The Morgan fingerprint density at radius 1 is 1.47 bits per heavy atom. The van der Waals surface area contributed by atoms with Gasteiger partial charge >= 0.3 is 0 Å². The van der Waals surface area contributed by atoms with Gasteiger partial charge in [-0.1, -0.05) is 32.1 Å². The van der Waals surface area contributed by atoms with Gasteiger partial charge < -0.3 is 5.73 Å². The predicted molar refractivity (Wildman–Crippen MR) is 73.7 cm³/mol. The first-order valence-electron chi connectivity index (χ1n) is 6.04. The van der Waals surface area contributed by atoms with Gasteiger partial charge in [0, 0.05) is 25.8 Å². The Bertz CT molecular complexity index is 409. The first-order valence-corrected chi connectivity index (χ1v) is 6.44. The van der Waals surface area contributed by atoms with Crippen LogP contribution in [0.4, 0.5) is 0 Å². The van der Waals surface area contributed by atoms with Gasteiger partial charge in [-0.3, -0.25) is 9.88 Å². The van der Waals surface area contributed by atoms with Crippen molar-refractivity contribution < 1.29 is 0 Å². The zero-order chi connectivity index (χ0) is 12.4. The molecule has 92 valence electrons. The fourth-order valence-corrected chi connectivity index (χ4v) is 2.59. The van der Waals surface area contributed by atoms with Crippen molar-refractivity contribution in [2.24, 2.45) is 17.6 Å². The third-order valence-electron chi connectivity index (χ3n) is 3.58. The lowest BCUT2D eigenvalue weighted by molar-refractivity contribution is 0.315. The number of pyridine rings is 1. The molecule has 2 atom stereocenters. The van der Waals surface area contributed by atoms with Gasteiger partial charge in [0.15, 0.2) is 0 Å². The van der Waals surface area contributed by atoms with Crippen LogP contribution in [0.15, 0.2) is 18.3 Å². The van der Waals surface area contributed by atoms with Crippen molar-refractivity contribution in [1.29, 1.82) is 0 Å². The average molecular weight is 249 g/mol. The number of nitrogens with zero attached hydrogens (tertiary/aromatic N) is 2. The first kappa shape index (κ1) is 12.5. The van der Waals surface area contributed by atoms with Gasteiger partial charge in [0.25, 0.3) is 0 Å². The Labute approximate surface area is 108 Å². The van der Waals surface area contributed by atoms with E-state index in [9.17, 15) is 0 Å². The molecule has 0 radical (unpaired) electrons. The molecule has 0 saturated carbocycles. The minimum Gasteiger partial charge on any atom is -0.388 e. The highest BCUT2D eigenvalue weighted by Crippen LogP contribution is 2.24. The summed E-state index contributed by atoms with van der Waals surface area (Å²) in [7, 11) is 0. The summed E-state index contributed by atoms with van der Waals surface area (Å²) in [4.78, 5) is 7.11. The van der Waals surface area contributed by atoms with E-state index in [2.05, 4.69) is 29.8 Å². The molecule has 1 aliphatic rings. The van der Waals surface area contributed by atoms with Crippen molar-refractivity contribution in [3.63, 3.8) is 0 Å². The molecule has 2 unspecified atom stereocenters. The fourth-order valence-electron chi connectivity index (χ4n) is 2.41. The minimum absolute atomic E-state index is 0.390. The third kappa shape index (κ3) is 2.82. The molecule has 0 amide bonds. The summed E-state index contributed by atoms with van der Waals surface area (Å²) in [6.45, 7) is 7.81. The second kappa shape index (κ2) is 5.10. The maximum absolute atomic E-state index is 5.69. The molecule has 2 rings (SSSR count). The lowest BCUT2D eigenvalue weighted by atomic mass is 10.0. The Hall–Kier alpha value is -1.00. The Morgan fingerprint density at radius 2 is 2.12 bits per heavy atom. The van der Waals surface area contributed by atoms with Crippen LogP contribution in [0.25, 0.3) is 0 Å². The summed E-state index contributed by atoms with van der Waals surface area (Å²) in [6, 6.07) is 4.01. The molecule has 1 fully saturated rings. The number of hydrogen-bond donors (Lipinski definition) is 1. The number of rotatable bonds is 3. The van der Waals surface area contributed by atoms with E-state index in [1.807, 2.05) is 6.07 Å². The number of aromatic nitrogens is 1. The Morgan fingerprint density at radius 3 is 2.71 bits per heavy atom. The van der Waals surface area contributed by atoms with Gasteiger partial charge in [-0.2, -0.15) is 0 Å². The predicted octanol–water partition coefficient (Wildman–Crippen LogP) is 1.80. The van der Waals surface area contributed by atoms with E-state index >= 15 is 0 Å². The molecule has 0 aromatic carbocycles. The molecule has 17 heavy (non-hydrogen) atoms. The summed E-state index contributed by atoms with van der Waals surface area (Å²) >= 11 is 5.03. The molecular formula is C13H19N3S. The van der Waals surface area contributed by atoms with E-state index in [4.69, 9.17) is 18.0 Å². The third-order valence-corrected chi connectivity index (χ3v) is 3.78. The van der Waals surface area contributed by atoms with E-state index in [0.29, 0.717) is 4.99 Å². The van der Waals surface area contributed by atoms with Crippen LogP contribution < -0.4 is 5.73 Å². The van der Waals surface area contributed by atoms with Gasteiger partial charge in [-0.25, -0.2) is 0 Å². The van der Waals surface area contributed by atoms with Crippen LogP contribution >= 0.6 is 12.2 Å². The molecule has 1 aromatic rings. The molecule has 1 aliphatic heterocycles. The topological polar surface area (TPSA) is 42.2 Å². The molecule has 0 bridgehead atoms. The molecule has 0 spiro atoms. The van der Waals surface area contributed by atoms with Crippen LogP contribution in [0.1, 0.15) is 25.1 Å². The highest BCUT2D eigenvalue weighted by molar-refractivity contribution is 7.80. The van der Waals surface area contributed by atoms with E-state index in [-0.39, 0.29) is 0 Å². The van der Waals surface area contributed by atoms with Gasteiger partial charge in [0.05, 0.1) is 0 Å². The SMILES string of the molecule is CC1CN(Cc2cccnc2C(N)=S)CC1C. The highest BCUT2D eigenvalue weighted by atomic mass is 32.1. The van der Waals surface area contributed by atoms with Crippen LogP contribution in [0.2, 0.25) is 0 Å². The molecule has 1 saturated heterocycles. The van der Waals surface area contributed by atoms with Crippen molar-refractivity contribution in [2.75, 3.05) is 13.1 Å². The Balaban J connectivity index is 2.11. The molecule has 4 heteroatoms. The molecule has 2 heterocycles. The summed E-state index contributed by atoms with van der Waals surface area (Å²) in [5.41, 5.74) is 7.61. The molecule has 2 N–H and O–H groups in total. The molecular weight excluding hydrogens is 230 g/mol. The monoisotopic (exact) mass is 249 g/mol. The van der Waals surface area contributed by atoms with E-state index < -0.39 is 0 Å². The first-order chi connectivity index (χ1) is 8.08. The minimum atomic E-state index is 0.390. The summed E-state index contributed by atoms with van der Waals surface area (Å²) in [5.74, 6) is 1.53. The van der Waals surface area contributed by atoms with Gasteiger partial charge in [-0.15, -0.1) is 0 Å². The molecule has 0 aliphatic carbocycles. The normalized spacial score (nSPS) is 25.1. The largest absolute Gasteiger partial charge is 0.388 e. The van der Waals surface area contributed by atoms with Crippen LogP contribution in [-0.2, 0) is 6.54 Å². The second-order valence-electron chi connectivity index (χ2n) is 5.02. The van der Waals surface area contributed by atoms with Gasteiger partial charge in [0.1, 0.15) is 10.7 Å². The van der Waals surface area contributed by atoms with Crippen molar-refractivity contribution >= 4 is 17.2 Å². The Kier molecular flexibility index (Phi) is 3.74. The van der Waals surface area contributed by atoms with Crippen LogP contribution in [-0.4, -0.2) is 28.0 Å². The lowest BCUT2D eigenvalue weighted by Gasteiger charge is -2.17. The summed E-state index contributed by atoms with van der Waals surface area (Å²) in [5, 5.41) is 0. The second-order valence-corrected chi connectivity index (χ2v) is 5.46. The average Bonchev–Trinajstić information content (AvgIpc) is 2.58. The van der Waals surface area contributed by atoms with Gasteiger partial charge in [-0.05, 0) is 23.5 Å². The van der Waals surface area contributed by atoms with Crippen LogP contribution in [0.5, 0.6) is 0 Å². The van der Waals surface area contributed by atoms with E-state index in [1.54, 1.807) is 6.20 Å².